The summed E-state index contributed by atoms with van der Waals surface area (Å²) in [5, 5.41) is 2.83. The number of ether oxygens (including phenoxy) is 1. The van der Waals surface area contributed by atoms with Crippen molar-refractivity contribution < 1.29 is 9.53 Å². The number of hydrogen-bond donors (Lipinski definition) is 1. The normalized spacial score (nSPS) is 23.0. The Bertz CT molecular complexity index is 611. The van der Waals surface area contributed by atoms with Crippen LogP contribution in [0, 0.1) is 11.8 Å². The van der Waals surface area contributed by atoms with E-state index in [0.29, 0.717) is 18.4 Å². The molecule has 0 saturated heterocycles. The van der Waals surface area contributed by atoms with Crippen LogP contribution >= 0.6 is 0 Å². The fraction of sp³-hybridized carbons (Fsp3) is 0.412. The van der Waals surface area contributed by atoms with Crippen molar-refractivity contribution in [3.05, 3.63) is 47.8 Å². The van der Waals surface area contributed by atoms with E-state index in [1.165, 1.54) is 11.1 Å². The summed E-state index contributed by atoms with van der Waals surface area (Å²) in [4.78, 5) is 16.0. The van der Waals surface area contributed by atoms with E-state index < -0.39 is 5.60 Å². The predicted octanol–water partition coefficient (Wildman–Crippen LogP) is 3.18. The van der Waals surface area contributed by atoms with Crippen molar-refractivity contribution >= 4 is 11.7 Å². The van der Waals surface area contributed by atoms with Crippen molar-refractivity contribution in [2.75, 3.05) is 6.54 Å². The molecule has 0 fully saturated rings. The first-order chi connectivity index (χ1) is 9.94. The molecule has 4 nitrogen and oxygen atoms in total. The van der Waals surface area contributed by atoms with Crippen molar-refractivity contribution in [1.82, 2.24) is 10.3 Å². The van der Waals surface area contributed by atoms with Gasteiger partial charge in [-0.2, -0.15) is 0 Å². The van der Waals surface area contributed by atoms with Crippen LogP contribution in [0.1, 0.15) is 26.5 Å². The molecule has 110 valence electrons. The van der Waals surface area contributed by atoms with Crippen molar-refractivity contribution in [1.29, 1.82) is 0 Å². The molecule has 0 aromatic carbocycles. The third kappa shape index (κ3) is 2.84. The molecule has 0 aliphatic heterocycles. The average Bonchev–Trinajstić information content (AvgIpc) is 2.39. The Hall–Kier alpha value is -2.10. The second kappa shape index (κ2) is 5.02. The molecule has 1 N–H and O–H groups in total. The van der Waals surface area contributed by atoms with Gasteiger partial charge in [0.2, 0.25) is 0 Å². The van der Waals surface area contributed by atoms with Crippen LogP contribution in [0.15, 0.2) is 42.1 Å². The highest BCUT2D eigenvalue weighted by molar-refractivity contribution is 5.87. The highest BCUT2D eigenvalue weighted by atomic mass is 16.6. The number of nitrogens with zero attached hydrogens (tertiary/aromatic N) is 1. The largest absolute Gasteiger partial charge is 0.444 e. The number of nitrogens with one attached hydrogen (secondary N) is 1. The van der Waals surface area contributed by atoms with Gasteiger partial charge in [0.05, 0.1) is 5.69 Å². The van der Waals surface area contributed by atoms with Gasteiger partial charge in [0.1, 0.15) is 5.60 Å². The van der Waals surface area contributed by atoms with E-state index in [4.69, 9.17) is 4.74 Å². The number of amides is 1. The van der Waals surface area contributed by atoms with Gasteiger partial charge in [-0.15, -0.1) is 0 Å². The molecule has 0 spiro atoms. The molecular weight excluding hydrogens is 264 g/mol. The lowest BCUT2D eigenvalue weighted by Gasteiger charge is -2.42. The first-order valence-electron chi connectivity index (χ1n) is 7.26. The number of hydrogen-bond acceptors (Lipinski definition) is 3. The van der Waals surface area contributed by atoms with Crippen LogP contribution in [0.4, 0.5) is 4.79 Å². The lowest BCUT2D eigenvalue weighted by molar-refractivity contribution is 0.0518. The summed E-state index contributed by atoms with van der Waals surface area (Å²) in [7, 11) is 0. The molecule has 2 atom stereocenters. The second-order valence-electron chi connectivity index (χ2n) is 6.49. The summed E-state index contributed by atoms with van der Waals surface area (Å²) in [6.07, 6.45) is 5.91. The first-order valence-corrected chi connectivity index (χ1v) is 7.26. The molecule has 1 aromatic rings. The zero-order chi connectivity index (χ0) is 15.0. The van der Waals surface area contributed by atoms with E-state index in [2.05, 4.69) is 22.5 Å². The maximum absolute atomic E-state index is 11.6. The molecule has 1 aromatic heterocycles. The van der Waals surface area contributed by atoms with Crippen LogP contribution in [0.2, 0.25) is 0 Å². The molecule has 2 unspecified atom stereocenters. The number of rotatable bonds is 3. The fourth-order valence-electron chi connectivity index (χ4n) is 2.68. The summed E-state index contributed by atoms with van der Waals surface area (Å²) in [5.41, 5.74) is 3.16. The van der Waals surface area contributed by atoms with Crippen molar-refractivity contribution in [2.24, 2.45) is 11.8 Å². The Morgan fingerprint density at radius 3 is 2.71 bits per heavy atom. The highest BCUT2D eigenvalue weighted by Crippen LogP contribution is 2.50. The Labute approximate surface area is 124 Å². The molecule has 1 amide bonds. The maximum Gasteiger partial charge on any atom is 0.407 e. The molecule has 0 saturated carbocycles. The van der Waals surface area contributed by atoms with Crippen LogP contribution in [0.3, 0.4) is 0 Å². The highest BCUT2D eigenvalue weighted by Gasteiger charge is 2.40. The van der Waals surface area contributed by atoms with Crippen LogP contribution in [0.5, 0.6) is 0 Å². The lowest BCUT2D eigenvalue weighted by Crippen LogP contribution is -2.41. The molecule has 4 heteroatoms. The summed E-state index contributed by atoms with van der Waals surface area (Å²) in [6.45, 7) is 6.21. The van der Waals surface area contributed by atoms with Gasteiger partial charge in [0.25, 0.3) is 0 Å². The molecule has 2 aliphatic carbocycles. The third-order valence-corrected chi connectivity index (χ3v) is 3.69. The Morgan fingerprint density at radius 1 is 1.33 bits per heavy atom. The van der Waals surface area contributed by atoms with Crippen LogP contribution in [-0.4, -0.2) is 23.2 Å². The van der Waals surface area contributed by atoms with Gasteiger partial charge < -0.3 is 10.1 Å². The number of aromatic nitrogens is 1. The van der Waals surface area contributed by atoms with Crippen LogP contribution < -0.4 is 5.32 Å². The minimum atomic E-state index is -0.451. The molecule has 21 heavy (non-hydrogen) atoms. The number of allylic oxidation sites excluding steroid dienone is 3. The zero-order valence-corrected chi connectivity index (χ0v) is 12.6. The van der Waals surface area contributed by atoms with E-state index in [9.17, 15) is 4.79 Å². The molecule has 0 bridgehead atoms. The lowest BCUT2D eigenvalue weighted by atomic mass is 9.62. The van der Waals surface area contributed by atoms with Crippen LogP contribution in [0.25, 0.3) is 5.57 Å². The smallest absolute Gasteiger partial charge is 0.407 e. The topological polar surface area (TPSA) is 51.2 Å². The predicted molar refractivity (Wildman–Crippen MR) is 81.5 cm³/mol. The SMILES string of the molecule is CC(C)(C)OC(=O)NCC1C=C2C(c3ccccn3)=CC21. The quantitative estimate of drug-likeness (QED) is 0.927. The van der Waals surface area contributed by atoms with E-state index in [-0.39, 0.29) is 6.09 Å². The summed E-state index contributed by atoms with van der Waals surface area (Å²) in [5.74, 6) is 0.830. The standard InChI is InChI=1S/C17H20N2O2/c1-17(2,3)21-16(20)19-10-11-8-13-12(11)9-14(13)15-6-4-5-7-18-15/h4-9,11-12H,10H2,1-3H3,(H,19,20). The van der Waals surface area contributed by atoms with E-state index in [1.54, 1.807) is 0 Å². The number of fused-ring (bicyclic) bond motifs is 1. The Morgan fingerprint density at radius 2 is 2.14 bits per heavy atom. The third-order valence-electron chi connectivity index (χ3n) is 3.69. The second-order valence-corrected chi connectivity index (χ2v) is 6.49. The maximum atomic E-state index is 11.6. The monoisotopic (exact) mass is 284 g/mol. The van der Waals surface area contributed by atoms with Crippen molar-refractivity contribution in [2.45, 2.75) is 26.4 Å². The number of carbonyl (C=O) groups is 1. The minimum absolute atomic E-state index is 0.349. The van der Waals surface area contributed by atoms with Crippen molar-refractivity contribution in [3.63, 3.8) is 0 Å². The van der Waals surface area contributed by atoms with Gasteiger partial charge in [-0.1, -0.05) is 18.2 Å². The van der Waals surface area contributed by atoms with Gasteiger partial charge in [-0.25, -0.2) is 4.79 Å². The Balaban J connectivity index is 1.50. The summed E-state index contributed by atoms with van der Waals surface area (Å²) < 4.78 is 5.23. The van der Waals surface area contributed by atoms with Gasteiger partial charge >= 0.3 is 6.09 Å². The van der Waals surface area contributed by atoms with Gasteiger partial charge in [0, 0.05) is 30.2 Å². The fourth-order valence-corrected chi connectivity index (χ4v) is 2.68. The molecule has 0 radical (unpaired) electrons. The van der Waals surface area contributed by atoms with Crippen molar-refractivity contribution in [3.8, 4) is 0 Å². The van der Waals surface area contributed by atoms with Crippen LogP contribution in [-0.2, 0) is 4.74 Å². The summed E-state index contributed by atoms with van der Waals surface area (Å²) in [6, 6.07) is 5.94. The van der Waals surface area contributed by atoms with E-state index in [1.807, 2.05) is 45.2 Å². The first kappa shape index (κ1) is 13.9. The van der Waals surface area contributed by atoms with E-state index >= 15 is 0 Å². The van der Waals surface area contributed by atoms with Gasteiger partial charge in [-0.05, 0) is 38.5 Å². The summed E-state index contributed by atoms with van der Waals surface area (Å²) >= 11 is 0. The number of carbonyl (C=O) groups excluding carboxylic acids is 1. The molecular formula is C17H20N2O2. The van der Waals surface area contributed by atoms with Gasteiger partial charge in [-0.3, -0.25) is 4.98 Å². The number of pyridine rings is 1. The zero-order valence-electron chi connectivity index (χ0n) is 12.6. The molecule has 2 aliphatic rings. The van der Waals surface area contributed by atoms with Gasteiger partial charge in [0.15, 0.2) is 0 Å². The Kier molecular flexibility index (Phi) is 3.32. The minimum Gasteiger partial charge on any atom is -0.444 e. The molecule has 3 rings (SSSR count). The molecule has 1 heterocycles. The number of alkyl carbamates (subject to hydrolysis) is 1. The average molecular weight is 284 g/mol. The van der Waals surface area contributed by atoms with E-state index in [0.717, 1.165) is 5.69 Å².